The van der Waals surface area contributed by atoms with Crippen LogP contribution in [-0.2, 0) is 0 Å². The Hall–Kier alpha value is -2.46. The molecule has 0 saturated carbocycles. The first-order chi connectivity index (χ1) is 10.7. The van der Waals surface area contributed by atoms with Gasteiger partial charge in [-0.2, -0.15) is 0 Å². The van der Waals surface area contributed by atoms with Gasteiger partial charge < -0.3 is 9.52 Å². The van der Waals surface area contributed by atoms with Crippen LogP contribution in [0.5, 0.6) is 5.75 Å². The largest absolute Gasteiger partial charge is 0.508 e. The number of hydrogen-bond acceptors (Lipinski definition) is 4. The molecule has 3 aromatic rings. The quantitative estimate of drug-likeness (QED) is 0.429. The van der Waals surface area contributed by atoms with Crippen LogP contribution < -0.4 is 0 Å². The number of carbonyl (C=O) groups is 1. The summed E-state index contributed by atoms with van der Waals surface area (Å²) in [5.74, 6) is 0.0918. The van der Waals surface area contributed by atoms with Gasteiger partial charge >= 0.3 is 0 Å². The third-order valence-electron chi connectivity index (χ3n) is 3.38. The van der Waals surface area contributed by atoms with Crippen LogP contribution in [0.3, 0.4) is 0 Å². The average Bonchev–Trinajstić information content (AvgIpc) is 3.02. The minimum Gasteiger partial charge on any atom is -0.508 e. The van der Waals surface area contributed by atoms with Gasteiger partial charge in [0, 0.05) is 10.3 Å². The Morgan fingerprint density at radius 1 is 1.14 bits per heavy atom. The van der Waals surface area contributed by atoms with Crippen molar-refractivity contribution >= 4 is 34.6 Å². The molecule has 0 radical (unpaired) electrons. The molecule has 0 unspecified atom stereocenters. The number of benzene rings is 2. The number of phenolic OH excluding ortho intramolecular Hbond substituents is 1. The third kappa shape index (κ3) is 2.78. The molecule has 22 heavy (non-hydrogen) atoms. The lowest BCUT2D eigenvalue weighted by molar-refractivity contribution is 0.104. The number of hydrogen-bond donors (Lipinski definition) is 1. The zero-order valence-electron chi connectivity index (χ0n) is 11.9. The molecule has 110 valence electrons. The SMILES string of the molecule is CSc1ccc(C(=O)/C=C/c2ccc(O)cc2)c2occc12. The topological polar surface area (TPSA) is 50.4 Å². The van der Waals surface area contributed by atoms with Crippen molar-refractivity contribution in [2.75, 3.05) is 6.26 Å². The highest BCUT2D eigenvalue weighted by atomic mass is 32.2. The highest BCUT2D eigenvalue weighted by molar-refractivity contribution is 7.98. The van der Waals surface area contributed by atoms with E-state index in [2.05, 4.69) is 0 Å². The lowest BCUT2D eigenvalue weighted by atomic mass is 10.1. The molecule has 0 bridgehead atoms. The van der Waals surface area contributed by atoms with Crippen LogP contribution in [0.25, 0.3) is 17.0 Å². The van der Waals surface area contributed by atoms with Gasteiger partial charge in [-0.05, 0) is 48.2 Å². The Bertz CT molecular complexity index is 844. The molecule has 0 amide bonds. The second-order valence-corrected chi connectivity index (χ2v) is 5.62. The number of furan rings is 1. The van der Waals surface area contributed by atoms with Crippen LogP contribution in [0.4, 0.5) is 0 Å². The first-order valence-corrected chi connectivity index (χ1v) is 7.97. The van der Waals surface area contributed by atoms with Crippen molar-refractivity contribution in [3.63, 3.8) is 0 Å². The normalized spacial score (nSPS) is 11.3. The number of fused-ring (bicyclic) bond motifs is 1. The molecule has 1 heterocycles. The predicted octanol–water partition coefficient (Wildman–Crippen LogP) is 4.76. The minimum atomic E-state index is -0.110. The highest BCUT2D eigenvalue weighted by Crippen LogP contribution is 2.30. The molecule has 0 fully saturated rings. The first-order valence-electron chi connectivity index (χ1n) is 6.74. The maximum atomic E-state index is 12.4. The lowest BCUT2D eigenvalue weighted by Gasteiger charge is -2.02. The van der Waals surface area contributed by atoms with Crippen molar-refractivity contribution in [1.82, 2.24) is 0 Å². The molecule has 3 rings (SSSR count). The summed E-state index contributed by atoms with van der Waals surface area (Å²) in [4.78, 5) is 13.5. The van der Waals surface area contributed by atoms with Gasteiger partial charge in [0.2, 0.25) is 0 Å². The van der Waals surface area contributed by atoms with Gasteiger partial charge in [0.15, 0.2) is 5.78 Å². The van der Waals surface area contributed by atoms with E-state index in [0.717, 1.165) is 15.8 Å². The second-order valence-electron chi connectivity index (χ2n) is 4.77. The summed E-state index contributed by atoms with van der Waals surface area (Å²) in [6, 6.07) is 12.3. The summed E-state index contributed by atoms with van der Waals surface area (Å²) >= 11 is 1.62. The molecule has 0 atom stereocenters. The smallest absolute Gasteiger partial charge is 0.189 e. The molecule has 4 heteroatoms. The van der Waals surface area contributed by atoms with Crippen molar-refractivity contribution in [1.29, 1.82) is 0 Å². The summed E-state index contributed by atoms with van der Waals surface area (Å²) in [7, 11) is 0. The van der Waals surface area contributed by atoms with Gasteiger partial charge in [-0.3, -0.25) is 4.79 Å². The standard InChI is InChI=1S/C18H14O3S/c1-22-17-9-7-14(18-15(17)10-11-21-18)16(20)8-4-12-2-5-13(19)6-3-12/h2-11,19H,1H3/b8-4+. The summed E-state index contributed by atoms with van der Waals surface area (Å²) in [6.07, 6.45) is 6.83. The average molecular weight is 310 g/mol. The summed E-state index contributed by atoms with van der Waals surface area (Å²) in [5.41, 5.74) is 2.02. The maximum Gasteiger partial charge on any atom is 0.189 e. The molecular formula is C18H14O3S. The van der Waals surface area contributed by atoms with E-state index in [0.29, 0.717) is 11.1 Å². The molecule has 0 aliphatic rings. The van der Waals surface area contributed by atoms with E-state index >= 15 is 0 Å². The monoisotopic (exact) mass is 310 g/mol. The van der Waals surface area contributed by atoms with E-state index in [1.165, 1.54) is 6.08 Å². The lowest BCUT2D eigenvalue weighted by Crippen LogP contribution is -1.95. The Balaban J connectivity index is 1.92. The fourth-order valence-corrected chi connectivity index (χ4v) is 2.84. The van der Waals surface area contributed by atoms with Crippen LogP contribution in [0, 0.1) is 0 Å². The van der Waals surface area contributed by atoms with Crippen molar-refractivity contribution in [3.8, 4) is 5.75 Å². The predicted molar refractivity (Wildman–Crippen MR) is 89.5 cm³/mol. The fourth-order valence-electron chi connectivity index (χ4n) is 2.26. The van der Waals surface area contributed by atoms with Gasteiger partial charge in [0.1, 0.15) is 11.3 Å². The highest BCUT2D eigenvalue weighted by Gasteiger charge is 2.13. The Morgan fingerprint density at radius 3 is 2.64 bits per heavy atom. The number of ketones is 1. The zero-order chi connectivity index (χ0) is 15.5. The molecule has 0 saturated heterocycles. The molecular weight excluding hydrogens is 296 g/mol. The van der Waals surface area contributed by atoms with Crippen LogP contribution in [0.2, 0.25) is 0 Å². The van der Waals surface area contributed by atoms with E-state index in [-0.39, 0.29) is 11.5 Å². The molecule has 3 nitrogen and oxygen atoms in total. The van der Waals surface area contributed by atoms with E-state index in [4.69, 9.17) is 4.42 Å². The molecule has 0 aliphatic carbocycles. The van der Waals surface area contributed by atoms with Gasteiger partial charge in [-0.15, -0.1) is 11.8 Å². The van der Waals surface area contributed by atoms with Crippen molar-refractivity contribution in [2.24, 2.45) is 0 Å². The number of rotatable bonds is 4. The number of carbonyl (C=O) groups excluding carboxylic acids is 1. The van der Waals surface area contributed by atoms with Gasteiger partial charge in [0.05, 0.1) is 11.8 Å². The van der Waals surface area contributed by atoms with Crippen LogP contribution in [0.1, 0.15) is 15.9 Å². The van der Waals surface area contributed by atoms with E-state index in [9.17, 15) is 9.90 Å². The summed E-state index contributed by atoms with van der Waals surface area (Å²) in [6.45, 7) is 0. The third-order valence-corrected chi connectivity index (χ3v) is 4.18. The minimum absolute atomic E-state index is 0.110. The molecule has 2 aromatic carbocycles. The van der Waals surface area contributed by atoms with Crippen molar-refractivity contribution in [3.05, 3.63) is 65.9 Å². The summed E-state index contributed by atoms with van der Waals surface area (Å²) < 4.78 is 5.48. The molecule has 0 aliphatic heterocycles. The summed E-state index contributed by atoms with van der Waals surface area (Å²) in [5, 5.41) is 10.2. The first kappa shape index (κ1) is 14.5. The van der Waals surface area contributed by atoms with Gasteiger partial charge in [0.25, 0.3) is 0 Å². The van der Waals surface area contributed by atoms with Crippen molar-refractivity contribution < 1.29 is 14.3 Å². The fraction of sp³-hybridized carbons (Fsp3) is 0.0556. The molecule has 1 N–H and O–H groups in total. The van der Waals surface area contributed by atoms with Crippen LogP contribution in [-0.4, -0.2) is 17.1 Å². The van der Waals surface area contributed by atoms with Crippen LogP contribution in [0.15, 0.2) is 64.1 Å². The van der Waals surface area contributed by atoms with Gasteiger partial charge in [-0.1, -0.05) is 18.2 Å². The molecule has 0 spiro atoms. The van der Waals surface area contributed by atoms with E-state index in [1.54, 1.807) is 54.4 Å². The Morgan fingerprint density at radius 2 is 1.91 bits per heavy atom. The number of phenols is 1. The van der Waals surface area contributed by atoms with E-state index < -0.39 is 0 Å². The van der Waals surface area contributed by atoms with Gasteiger partial charge in [-0.25, -0.2) is 0 Å². The number of thioether (sulfide) groups is 1. The second kappa shape index (κ2) is 6.12. The Labute approximate surface area is 132 Å². The molecule has 1 aromatic heterocycles. The van der Waals surface area contributed by atoms with E-state index in [1.807, 2.05) is 18.4 Å². The van der Waals surface area contributed by atoms with Crippen molar-refractivity contribution in [2.45, 2.75) is 4.90 Å². The number of allylic oxidation sites excluding steroid dienone is 1. The maximum absolute atomic E-state index is 12.4. The van der Waals surface area contributed by atoms with Crippen LogP contribution >= 0.6 is 11.8 Å². The number of aromatic hydroxyl groups is 1. The Kier molecular flexibility index (Phi) is 4.02. The zero-order valence-corrected chi connectivity index (χ0v) is 12.8.